The Morgan fingerprint density at radius 2 is 2.10 bits per heavy atom. The van der Waals surface area contributed by atoms with Gasteiger partial charge in [-0.3, -0.25) is 9.69 Å². The molecule has 0 radical (unpaired) electrons. The number of halogens is 1. The molecular weight excluding hydrogens is 265 g/mol. The maximum Gasteiger partial charge on any atom is 0.137 e. The summed E-state index contributed by atoms with van der Waals surface area (Å²) in [6, 6.07) is 5.39. The van der Waals surface area contributed by atoms with Gasteiger partial charge in [0.2, 0.25) is 0 Å². The highest BCUT2D eigenvalue weighted by Gasteiger charge is 2.36. The number of carbonyl (C=O) groups is 1. The van der Waals surface area contributed by atoms with Crippen LogP contribution in [0.15, 0.2) is 18.2 Å². The number of ketones is 1. The van der Waals surface area contributed by atoms with Crippen molar-refractivity contribution in [3.8, 4) is 0 Å². The van der Waals surface area contributed by atoms with Crippen LogP contribution in [0, 0.1) is 18.7 Å². The minimum absolute atomic E-state index is 0.166. The molecule has 0 spiro atoms. The van der Waals surface area contributed by atoms with Gasteiger partial charge >= 0.3 is 0 Å². The number of benzene rings is 1. The number of aryl methyl sites for hydroxylation is 1. The molecule has 2 aliphatic rings. The third-order valence-electron chi connectivity index (χ3n) is 5.17. The number of Topliss-reactive ketones (excluding diaryl/α,β-unsaturated/α-hetero) is 1. The third kappa shape index (κ3) is 3.18. The van der Waals surface area contributed by atoms with Crippen LogP contribution in [0.1, 0.15) is 49.7 Å². The maximum atomic E-state index is 13.5. The molecular formula is C18H24FNO. The van der Waals surface area contributed by atoms with Crippen molar-refractivity contribution in [2.75, 3.05) is 6.54 Å². The Labute approximate surface area is 126 Å². The van der Waals surface area contributed by atoms with E-state index < -0.39 is 0 Å². The first-order valence-corrected chi connectivity index (χ1v) is 8.17. The Balaban J connectivity index is 1.78. The number of hydrogen-bond donors (Lipinski definition) is 0. The molecule has 1 aliphatic carbocycles. The summed E-state index contributed by atoms with van der Waals surface area (Å²) in [6.07, 6.45) is 6.37. The lowest BCUT2D eigenvalue weighted by Crippen LogP contribution is -2.45. The standard InChI is InChI=1S/C18H24FNO/c1-13-8-9-15(19)11-14(13)12-20-10-3-2-6-17(20)16-5-4-7-18(16)21/h8-9,11,16-17H,2-7,10,12H2,1H3. The summed E-state index contributed by atoms with van der Waals surface area (Å²) < 4.78 is 13.5. The van der Waals surface area contributed by atoms with E-state index in [4.69, 9.17) is 0 Å². The van der Waals surface area contributed by atoms with Crippen molar-refractivity contribution in [1.29, 1.82) is 0 Å². The number of hydrogen-bond acceptors (Lipinski definition) is 2. The predicted octanol–water partition coefficient (Wildman–Crippen LogP) is 3.86. The Bertz CT molecular complexity index is 528. The summed E-state index contributed by atoms with van der Waals surface area (Å²) >= 11 is 0. The average Bonchev–Trinajstić information content (AvgIpc) is 2.90. The molecule has 0 amide bonds. The van der Waals surface area contributed by atoms with Crippen molar-refractivity contribution in [3.05, 3.63) is 35.1 Å². The van der Waals surface area contributed by atoms with Crippen molar-refractivity contribution in [1.82, 2.24) is 4.90 Å². The van der Waals surface area contributed by atoms with Gasteiger partial charge in [-0.15, -0.1) is 0 Å². The van der Waals surface area contributed by atoms with Crippen LogP contribution in [0.5, 0.6) is 0 Å². The Morgan fingerprint density at radius 3 is 2.86 bits per heavy atom. The van der Waals surface area contributed by atoms with Crippen LogP contribution in [-0.2, 0) is 11.3 Å². The SMILES string of the molecule is Cc1ccc(F)cc1CN1CCCCC1C1CCCC1=O. The molecule has 1 saturated carbocycles. The van der Waals surface area contributed by atoms with Crippen LogP contribution >= 0.6 is 0 Å². The van der Waals surface area contributed by atoms with Gasteiger partial charge in [-0.25, -0.2) is 4.39 Å². The maximum absolute atomic E-state index is 13.5. The summed E-state index contributed by atoms with van der Waals surface area (Å²) in [6.45, 7) is 3.84. The lowest BCUT2D eigenvalue weighted by molar-refractivity contribution is -0.123. The minimum Gasteiger partial charge on any atom is -0.299 e. The van der Waals surface area contributed by atoms with E-state index in [1.807, 2.05) is 13.0 Å². The van der Waals surface area contributed by atoms with Gasteiger partial charge in [0.25, 0.3) is 0 Å². The molecule has 1 aromatic rings. The van der Waals surface area contributed by atoms with Crippen LogP contribution in [0.2, 0.25) is 0 Å². The normalized spacial score (nSPS) is 27.2. The average molecular weight is 289 g/mol. The van der Waals surface area contributed by atoms with E-state index in [0.717, 1.165) is 49.9 Å². The van der Waals surface area contributed by atoms with E-state index >= 15 is 0 Å². The van der Waals surface area contributed by atoms with E-state index in [1.54, 1.807) is 6.07 Å². The molecule has 3 rings (SSSR count). The fraction of sp³-hybridized carbons (Fsp3) is 0.611. The highest BCUT2D eigenvalue weighted by molar-refractivity contribution is 5.83. The third-order valence-corrected chi connectivity index (χ3v) is 5.17. The number of nitrogens with zero attached hydrogens (tertiary/aromatic N) is 1. The van der Waals surface area contributed by atoms with E-state index in [0.29, 0.717) is 11.8 Å². The van der Waals surface area contributed by atoms with E-state index in [1.165, 1.54) is 18.9 Å². The molecule has 1 saturated heterocycles. The van der Waals surface area contributed by atoms with Crippen molar-refractivity contribution < 1.29 is 9.18 Å². The van der Waals surface area contributed by atoms with Crippen LogP contribution < -0.4 is 0 Å². The first kappa shape index (κ1) is 14.7. The highest BCUT2D eigenvalue weighted by atomic mass is 19.1. The molecule has 0 bridgehead atoms. The molecule has 0 N–H and O–H groups in total. The van der Waals surface area contributed by atoms with Crippen LogP contribution in [0.4, 0.5) is 4.39 Å². The monoisotopic (exact) mass is 289 g/mol. The summed E-state index contributed by atoms with van der Waals surface area (Å²) in [5, 5.41) is 0. The zero-order chi connectivity index (χ0) is 14.8. The number of likely N-dealkylation sites (tertiary alicyclic amines) is 1. The molecule has 3 heteroatoms. The summed E-state index contributed by atoms with van der Waals surface area (Å²) in [5.74, 6) is 0.503. The number of piperidine rings is 1. The summed E-state index contributed by atoms with van der Waals surface area (Å²) in [4.78, 5) is 14.5. The lowest BCUT2D eigenvalue weighted by atomic mass is 9.88. The van der Waals surface area contributed by atoms with Crippen molar-refractivity contribution in [2.45, 2.75) is 58.0 Å². The first-order valence-electron chi connectivity index (χ1n) is 8.17. The van der Waals surface area contributed by atoms with Gasteiger partial charge < -0.3 is 0 Å². The molecule has 21 heavy (non-hydrogen) atoms. The summed E-state index contributed by atoms with van der Waals surface area (Å²) in [7, 11) is 0. The second kappa shape index (κ2) is 6.27. The quantitative estimate of drug-likeness (QED) is 0.842. The summed E-state index contributed by atoms with van der Waals surface area (Å²) in [5.41, 5.74) is 2.20. The fourth-order valence-electron chi connectivity index (χ4n) is 3.95. The topological polar surface area (TPSA) is 20.3 Å². The molecule has 1 aliphatic heterocycles. The Kier molecular flexibility index (Phi) is 4.39. The van der Waals surface area contributed by atoms with Gasteiger partial charge in [0, 0.05) is 24.9 Å². The Morgan fingerprint density at radius 1 is 1.24 bits per heavy atom. The van der Waals surface area contributed by atoms with Gasteiger partial charge in [-0.1, -0.05) is 12.5 Å². The minimum atomic E-state index is -0.166. The van der Waals surface area contributed by atoms with Gasteiger partial charge in [0.05, 0.1) is 0 Å². The van der Waals surface area contributed by atoms with Gasteiger partial charge in [-0.05, 0) is 62.4 Å². The van der Waals surface area contributed by atoms with E-state index in [9.17, 15) is 9.18 Å². The van der Waals surface area contributed by atoms with Crippen molar-refractivity contribution >= 4 is 5.78 Å². The highest BCUT2D eigenvalue weighted by Crippen LogP contribution is 2.33. The second-order valence-electron chi connectivity index (χ2n) is 6.57. The van der Waals surface area contributed by atoms with E-state index in [2.05, 4.69) is 4.90 Å². The molecule has 1 aromatic carbocycles. The van der Waals surface area contributed by atoms with Crippen molar-refractivity contribution in [2.24, 2.45) is 5.92 Å². The van der Waals surface area contributed by atoms with Crippen LogP contribution in [-0.4, -0.2) is 23.3 Å². The molecule has 2 nitrogen and oxygen atoms in total. The number of rotatable bonds is 3. The van der Waals surface area contributed by atoms with Gasteiger partial charge in [-0.2, -0.15) is 0 Å². The predicted molar refractivity (Wildman–Crippen MR) is 81.5 cm³/mol. The van der Waals surface area contributed by atoms with Crippen LogP contribution in [0.25, 0.3) is 0 Å². The largest absolute Gasteiger partial charge is 0.299 e. The zero-order valence-corrected chi connectivity index (χ0v) is 12.8. The molecule has 1 heterocycles. The second-order valence-corrected chi connectivity index (χ2v) is 6.57. The first-order chi connectivity index (χ1) is 10.1. The number of carbonyl (C=O) groups excluding carboxylic acids is 1. The molecule has 0 aromatic heterocycles. The zero-order valence-electron chi connectivity index (χ0n) is 12.8. The fourth-order valence-corrected chi connectivity index (χ4v) is 3.95. The van der Waals surface area contributed by atoms with E-state index in [-0.39, 0.29) is 11.7 Å². The lowest BCUT2D eigenvalue weighted by Gasteiger charge is -2.39. The van der Waals surface area contributed by atoms with Gasteiger partial charge in [0.1, 0.15) is 11.6 Å². The molecule has 2 atom stereocenters. The smallest absolute Gasteiger partial charge is 0.137 e. The molecule has 2 fully saturated rings. The van der Waals surface area contributed by atoms with Gasteiger partial charge in [0.15, 0.2) is 0 Å². The van der Waals surface area contributed by atoms with Crippen molar-refractivity contribution in [3.63, 3.8) is 0 Å². The molecule has 114 valence electrons. The Hall–Kier alpha value is -1.22. The molecule has 2 unspecified atom stereocenters. The van der Waals surface area contributed by atoms with Crippen LogP contribution in [0.3, 0.4) is 0 Å².